The molecule has 1 N–H and O–H groups in total. The molecule has 4 nitrogen and oxygen atoms in total. The highest BCUT2D eigenvalue weighted by molar-refractivity contribution is 6.22. The zero-order valence-electron chi connectivity index (χ0n) is 10.7. The van der Waals surface area contributed by atoms with E-state index in [0.29, 0.717) is 11.5 Å². The van der Waals surface area contributed by atoms with Gasteiger partial charge in [-0.2, -0.15) is 13.2 Å². The number of alkyl halides is 3. The molecule has 1 unspecified atom stereocenters. The number of methoxy groups -OCH3 is 2. The van der Waals surface area contributed by atoms with E-state index < -0.39 is 18.1 Å². The predicted molar refractivity (Wildman–Crippen MR) is 65.5 cm³/mol. The van der Waals surface area contributed by atoms with Crippen LogP contribution in [0.15, 0.2) is 24.3 Å². The smallest absolute Gasteiger partial charge is 0.412 e. The second-order valence-electron chi connectivity index (χ2n) is 4.14. The number of carbonyl (C=O) groups is 1. The van der Waals surface area contributed by atoms with Gasteiger partial charge in [0.1, 0.15) is 17.5 Å². The fourth-order valence-corrected chi connectivity index (χ4v) is 1.92. The molecule has 1 atom stereocenters. The molecule has 0 aliphatic carbocycles. The number of carbonyl (C=O) groups excluding carboxylic acids is 1. The number of benzene rings is 1. The van der Waals surface area contributed by atoms with Gasteiger partial charge >= 0.3 is 6.18 Å². The number of ether oxygens (including phenoxy) is 2. The van der Waals surface area contributed by atoms with Crippen LogP contribution < -0.4 is 14.8 Å². The second-order valence-corrected chi connectivity index (χ2v) is 4.14. The number of hydrogen-bond acceptors (Lipinski definition) is 3. The van der Waals surface area contributed by atoms with Gasteiger partial charge in [0.25, 0.3) is 5.91 Å². The van der Waals surface area contributed by atoms with E-state index in [2.05, 4.69) is 0 Å². The Morgan fingerprint density at radius 2 is 1.90 bits per heavy atom. The lowest BCUT2D eigenvalue weighted by molar-refractivity contribution is -0.148. The van der Waals surface area contributed by atoms with Crippen molar-refractivity contribution in [2.45, 2.75) is 12.2 Å². The average Bonchev–Trinajstić information content (AvgIpc) is 2.80. The molecule has 1 aromatic rings. The first-order valence-corrected chi connectivity index (χ1v) is 5.68. The molecule has 1 aliphatic rings. The Labute approximate surface area is 113 Å². The first kappa shape index (κ1) is 14.2. The fourth-order valence-electron chi connectivity index (χ4n) is 1.92. The fraction of sp³-hybridized carbons (Fsp3) is 0.308. The van der Waals surface area contributed by atoms with Crippen LogP contribution in [0.5, 0.6) is 11.5 Å². The maximum atomic E-state index is 12.6. The van der Waals surface area contributed by atoms with Crippen molar-refractivity contribution in [2.75, 3.05) is 14.2 Å². The molecule has 0 spiro atoms. The quantitative estimate of drug-likeness (QED) is 0.926. The van der Waals surface area contributed by atoms with Crippen LogP contribution in [0.25, 0.3) is 5.57 Å². The van der Waals surface area contributed by atoms with E-state index in [4.69, 9.17) is 9.47 Å². The third-order valence-electron chi connectivity index (χ3n) is 2.91. The second kappa shape index (κ2) is 5.07. The molecule has 0 bridgehead atoms. The average molecular weight is 287 g/mol. The largest absolute Gasteiger partial charge is 0.497 e. The molecule has 2 rings (SSSR count). The van der Waals surface area contributed by atoms with Gasteiger partial charge in [0.05, 0.1) is 14.2 Å². The summed E-state index contributed by atoms with van der Waals surface area (Å²) in [6.45, 7) is 0. The molecule has 0 saturated heterocycles. The summed E-state index contributed by atoms with van der Waals surface area (Å²) in [6, 6.07) is 2.60. The van der Waals surface area contributed by atoms with Crippen molar-refractivity contribution in [3.05, 3.63) is 29.8 Å². The van der Waals surface area contributed by atoms with Gasteiger partial charge in [-0.3, -0.25) is 4.79 Å². The van der Waals surface area contributed by atoms with E-state index >= 15 is 0 Å². The molecule has 108 valence electrons. The standard InChI is InChI=1S/C13H12F3NO3/c1-19-7-3-4-10(20-2)8(5-7)9-6-11(13(14,15)16)17-12(9)18/h3-6,11H,1-2H3,(H,17,18). The normalized spacial score (nSPS) is 18.6. The minimum absolute atomic E-state index is 0.0805. The zero-order valence-corrected chi connectivity index (χ0v) is 10.7. The molecule has 0 fully saturated rings. The van der Waals surface area contributed by atoms with Gasteiger partial charge in [-0.05, 0) is 24.3 Å². The summed E-state index contributed by atoms with van der Waals surface area (Å²) >= 11 is 0. The Bertz CT molecular complexity index is 566. The maximum Gasteiger partial charge on any atom is 0.412 e. The van der Waals surface area contributed by atoms with Crippen molar-refractivity contribution in [3.63, 3.8) is 0 Å². The van der Waals surface area contributed by atoms with Crippen LogP contribution in [-0.4, -0.2) is 32.3 Å². The number of hydrogen-bond donors (Lipinski definition) is 1. The van der Waals surface area contributed by atoms with Crippen molar-refractivity contribution in [1.82, 2.24) is 5.32 Å². The summed E-state index contributed by atoms with van der Waals surface area (Å²) in [6.07, 6.45) is -3.68. The van der Waals surface area contributed by atoms with Crippen LogP contribution in [0, 0.1) is 0 Å². The van der Waals surface area contributed by atoms with E-state index in [1.807, 2.05) is 5.32 Å². The van der Waals surface area contributed by atoms with E-state index in [1.165, 1.54) is 26.4 Å². The molecule has 1 amide bonds. The van der Waals surface area contributed by atoms with E-state index in [0.717, 1.165) is 6.08 Å². The third kappa shape index (κ3) is 2.56. The number of amides is 1. The van der Waals surface area contributed by atoms with E-state index in [1.54, 1.807) is 6.07 Å². The zero-order chi connectivity index (χ0) is 14.9. The summed E-state index contributed by atoms with van der Waals surface area (Å²) in [4.78, 5) is 11.7. The van der Waals surface area contributed by atoms with Gasteiger partial charge in [-0.1, -0.05) is 0 Å². The van der Waals surface area contributed by atoms with Crippen molar-refractivity contribution < 1.29 is 27.4 Å². The topological polar surface area (TPSA) is 47.6 Å². The Kier molecular flexibility index (Phi) is 3.61. The highest BCUT2D eigenvalue weighted by atomic mass is 19.4. The number of rotatable bonds is 3. The van der Waals surface area contributed by atoms with Crippen LogP contribution in [-0.2, 0) is 4.79 Å². The first-order chi connectivity index (χ1) is 9.36. The molecular formula is C13H12F3NO3. The van der Waals surface area contributed by atoms with Crippen molar-refractivity contribution in [1.29, 1.82) is 0 Å². The van der Waals surface area contributed by atoms with Gasteiger partial charge in [0, 0.05) is 11.1 Å². The first-order valence-electron chi connectivity index (χ1n) is 5.68. The summed E-state index contributed by atoms with van der Waals surface area (Å²) < 4.78 is 48.0. The van der Waals surface area contributed by atoms with Crippen molar-refractivity contribution >= 4 is 11.5 Å². The summed E-state index contributed by atoms with van der Waals surface area (Å²) in [7, 11) is 2.80. The molecule has 0 saturated carbocycles. The van der Waals surface area contributed by atoms with Crippen LogP contribution >= 0.6 is 0 Å². The van der Waals surface area contributed by atoms with Crippen LogP contribution in [0.2, 0.25) is 0 Å². The number of halogens is 3. The van der Waals surface area contributed by atoms with Gasteiger partial charge in [-0.25, -0.2) is 0 Å². The monoisotopic (exact) mass is 287 g/mol. The predicted octanol–water partition coefficient (Wildman–Crippen LogP) is 2.15. The van der Waals surface area contributed by atoms with Gasteiger partial charge in [0.2, 0.25) is 0 Å². The summed E-state index contributed by atoms with van der Waals surface area (Å²) in [5.74, 6) is -0.0705. The highest BCUT2D eigenvalue weighted by Crippen LogP contribution is 2.35. The van der Waals surface area contributed by atoms with Gasteiger partial charge in [-0.15, -0.1) is 0 Å². The minimum atomic E-state index is -4.52. The van der Waals surface area contributed by atoms with Crippen molar-refractivity contribution in [3.8, 4) is 11.5 Å². The molecule has 1 aliphatic heterocycles. The lowest BCUT2D eigenvalue weighted by atomic mass is 10.0. The molecule has 1 heterocycles. The molecular weight excluding hydrogens is 275 g/mol. The van der Waals surface area contributed by atoms with Gasteiger partial charge in [0.15, 0.2) is 0 Å². The van der Waals surface area contributed by atoms with Crippen LogP contribution in [0.3, 0.4) is 0 Å². The lowest BCUT2D eigenvalue weighted by Crippen LogP contribution is -2.39. The molecule has 1 aromatic carbocycles. The molecule has 0 radical (unpaired) electrons. The van der Waals surface area contributed by atoms with Crippen molar-refractivity contribution in [2.24, 2.45) is 0 Å². The summed E-state index contributed by atoms with van der Waals surface area (Å²) in [5, 5.41) is 1.88. The van der Waals surface area contributed by atoms with Crippen LogP contribution in [0.4, 0.5) is 13.2 Å². The third-order valence-corrected chi connectivity index (χ3v) is 2.91. The lowest BCUT2D eigenvalue weighted by Gasteiger charge is -2.12. The molecule has 7 heteroatoms. The Morgan fingerprint density at radius 1 is 1.20 bits per heavy atom. The molecule has 0 aromatic heterocycles. The minimum Gasteiger partial charge on any atom is -0.497 e. The van der Waals surface area contributed by atoms with Crippen LogP contribution in [0.1, 0.15) is 5.56 Å². The highest BCUT2D eigenvalue weighted by Gasteiger charge is 2.44. The number of nitrogens with one attached hydrogen (secondary N) is 1. The SMILES string of the molecule is COc1ccc(OC)c(C2=CC(C(F)(F)F)NC2=O)c1. The molecule has 20 heavy (non-hydrogen) atoms. The van der Waals surface area contributed by atoms with E-state index in [-0.39, 0.29) is 11.1 Å². The Morgan fingerprint density at radius 3 is 2.40 bits per heavy atom. The Balaban J connectivity index is 2.47. The van der Waals surface area contributed by atoms with E-state index in [9.17, 15) is 18.0 Å². The summed E-state index contributed by atoms with van der Waals surface area (Å²) in [5.41, 5.74) is 0.180. The van der Waals surface area contributed by atoms with Gasteiger partial charge < -0.3 is 14.8 Å². The maximum absolute atomic E-state index is 12.6. The Hall–Kier alpha value is -2.18.